The smallest absolute Gasteiger partial charge is 0.118 e. The second kappa shape index (κ2) is 6.77. The van der Waals surface area contributed by atoms with E-state index in [9.17, 15) is 0 Å². The highest BCUT2D eigenvalue weighted by molar-refractivity contribution is 5.85. The number of hydrogen-bond acceptors (Lipinski definition) is 2. The van der Waals surface area contributed by atoms with Crippen molar-refractivity contribution in [2.24, 2.45) is 0 Å². The van der Waals surface area contributed by atoms with E-state index >= 15 is 0 Å². The summed E-state index contributed by atoms with van der Waals surface area (Å²) in [6.07, 6.45) is 3.85. The number of rotatable bonds is 2. The number of halogens is 1. The zero-order valence-corrected chi connectivity index (χ0v) is 10.6. The van der Waals surface area contributed by atoms with Crippen LogP contribution in [0.15, 0.2) is 24.3 Å². The van der Waals surface area contributed by atoms with E-state index in [1.54, 1.807) is 7.11 Å². The minimum absolute atomic E-state index is 0. The molecule has 0 radical (unpaired) electrons. The molecule has 2 rings (SSSR count). The van der Waals surface area contributed by atoms with Crippen molar-refractivity contribution in [3.8, 4) is 5.75 Å². The maximum absolute atomic E-state index is 5.17. The number of nitrogens with one attached hydrogen (secondary N) is 1. The van der Waals surface area contributed by atoms with Gasteiger partial charge in [-0.15, -0.1) is 12.4 Å². The summed E-state index contributed by atoms with van der Waals surface area (Å²) in [4.78, 5) is 0. The van der Waals surface area contributed by atoms with E-state index in [4.69, 9.17) is 4.74 Å². The molecule has 1 heterocycles. The van der Waals surface area contributed by atoms with Crippen molar-refractivity contribution in [3.63, 3.8) is 0 Å². The summed E-state index contributed by atoms with van der Waals surface area (Å²) < 4.78 is 5.17. The highest BCUT2D eigenvalue weighted by Crippen LogP contribution is 2.27. The lowest BCUT2D eigenvalue weighted by atomic mass is 9.92. The third-order valence-electron chi connectivity index (χ3n) is 3.16. The molecule has 1 saturated heterocycles. The van der Waals surface area contributed by atoms with E-state index in [-0.39, 0.29) is 12.4 Å². The average Bonchev–Trinajstić information content (AvgIpc) is 2.58. The van der Waals surface area contributed by atoms with Crippen molar-refractivity contribution in [2.75, 3.05) is 20.2 Å². The lowest BCUT2D eigenvalue weighted by Crippen LogP contribution is -2.13. The highest BCUT2D eigenvalue weighted by atomic mass is 35.5. The molecule has 16 heavy (non-hydrogen) atoms. The van der Waals surface area contributed by atoms with Crippen LogP contribution >= 0.6 is 12.4 Å². The van der Waals surface area contributed by atoms with Crippen LogP contribution in [0.4, 0.5) is 0 Å². The van der Waals surface area contributed by atoms with Gasteiger partial charge in [-0.2, -0.15) is 0 Å². The normalized spacial score (nSPS) is 20.7. The third-order valence-corrected chi connectivity index (χ3v) is 3.16. The van der Waals surface area contributed by atoms with Crippen molar-refractivity contribution in [2.45, 2.75) is 25.2 Å². The maximum Gasteiger partial charge on any atom is 0.118 e. The first-order chi connectivity index (χ1) is 7.40. The molecular formula is C13H20ClNO. The molecule has 0 spiro atoms. The van der Waals surface area contributed by atoms with Gasteiger partial charge in [0.15, 0.2) is 0 Å². The summed E-state index contributed by atoms with van der Waals surface area (Å²) in [6.45, 7) is 2.32. The molecule has 3 heteroatoms. The summed E-state index contributed by atoms with van der Waals surface area (Å²) in [7, 11) is 1.71. The van der Waals surface area contributed by atoms with Crippen molar-refractivity contribution in [3.05, 3.63) is 29.8 Å². The van der Waals surface area contributed by atoms with Gasteiger partial charge in [0.2, 0.25) is 0 Å². The van der Waals surface area contributed by atoms with Crippen LogP contribution in [0.5, 0.6) is 5.75 Å². The monoisotopic (exact) mass is 241 g/mol. The molecule has 1 atom stereocenters. The molecule has 0 bridgehead atoms. The molecule has 1 unspecified atom stereocenters. The van der Waals surface area contributed by atoms with Gasteiger partial charge in [-0.05, 0) is 56.0 Å². The molecule has 0 aromatic heterocycles. The van der Waals surface area contributed by atoms with Gasteiger partial charge in [-0.3, -0.25) is 0 Å². The van der Waals surface area contributed by atoms with E-state index in [0.717, 1.165) is 18.2 Å². The van der Waals surface area contributed by atoms with Gasteiger partial charge in [0.05, 0.1) is 7.11 Å². The lowest BCUT2D eigenvalue weighted by molar-refractivity contribution is 0.414. The first-order valence-electron chi connectivity index (χ1n) is 5.75. The van der Waals surface area contributed by atoms with Crippen molar-refractivity contribution >= 4 is 12.4 Å². The SMILES string of the molecule is COc1ccc(C2CCCNCC2)cc1.Cl. The van der Waals surface area contributed by atoms with Gasteiger partial charge in [0.25, 0.3) is 0 Å². The molecule has 0 saturated carbocycles. The van der Waals surface area contributed by atoms with E-state index in [1.165, 1.54) is 31.4 Å². The van der Waals surface area contributed by atoms with Gasteiger partial charge in [-0.1, -0.05) is 12.1 Å². The Labute approximate surface area is 104 Å². The van der Waals surface area contributed by atoms with Crippen molar-refractivity contribution in [1.29, 1.82) is 0 Å². The number of hydrogen-bond donors (Lipinski definition) is 1. The van der Waals surface area contributed by atoms with Gasteiger partial charge in [0, 0.05) is 0 Å². The van der Waals surface area contributed by atoms with Crippen LogP contribution in [0, 0.1) is 0 Å². The molecule has 1 fully saturated rings. The molecule has 1 N–H and O–H groups in total. The molecule has 0 amide bonds. The number of ether oxygens (including phenoxy) is 1. The number of benzene rings is 1. The Morgan fingerprint density at radius 1 is 1.12 bits per heavy atom. The predicted molar refractivity (Wildman–Crippen MR) is 69.7 cm³/mol. The molecule has 1 aromatic rings. The average molecular weight is 242 g/mol. The minimum atomic E-state index is 0. The van der Waals surface area contributed by atoms with Crippen molar-refractivity contribution < 1.29 is 4.74 Å². The second-order valence-corrected chi connectivity index (χ2v) is 4.15. The third kappa shape index (κ3) is 3.39. The first kappa shape index (κ1) is 13.3. The summed E-state index contributed by atoms with van der Waals surface area (Å²) in [5.74, 6) is 1.68. The summed E-state index contributed by atoms with van der Waals surface area (Å²) >= 11 is 0. The van der Waals surface area contributed by atoms with Crippen LogP contribution in [0.3, 0.4) is 0 Å². The molecule has 2 nitrogen and oxygen atoms in total. The lowest BCUT2D eigenvalue weighted by Gasteiger charge is -2.14. The van der Waals surface area contributed by atoms with Gasteiger partial charge in [-0.25, -0.2) is 0 Å². The fourth-order valence-corrected chi connectivity index (χ4v) is 2.23. The summed E-state index contributed by atoms with van der Waals surface area (Å²) in [5, 5.41) is 3.44. The molecule has 1 aromatic carbocycles. The largest absolute Gasteiger partial charge is 0.497 e. The first-order valence-corrected chi connectivity index (χ1v) is 5.75. The predicted octanol–water partition coefficient (Wildman–Crippen LogP) is 2.97. The topological polar surface area (TPSA) is 21.3 Å². The van der Waals surface area contributed by atoms with Crippen LogP contribution in [0.2, 0.25) is 0 Å². The fraction of sp³-hybridized carbons (Fsp3) is 0.538. The zero-order chi connectivity index (χ0) is 10.5. The summed E-state index contributed by atoms with van der Waals surface area (Å²) in [6, 6.07) is 8.53. The Hall–Kier alpha value is -0.730. The zero-order valence-electron chi connectivity index (χ0n) is 9.74. The van der Waals surface area contributed by atoms with Crippen LogP contribution in [-0.2, 0) is 0 Å². The standard InChI is InChI=1S/C13H19NO.ClH/c1-15-13-6-4-12(5-7-13)11-3-2-9-14-10-8-11;/h4-7,11,14H,2-3,8-10H2,1H3;1H. The fourth-order valence-electron chi connectivity index (χ4n) is 2.23. The van der Waals surface area contributed by atoms with E-state index < -0.39 is 0 Å². The van der Waals surface area contributed by atoms with Crippen molar-refractivity contribution in [1.82, 2.24) is 5.32 Å². The maximum atomic E-state index is 5.17. The molecule has 90 valence electrons. The molecule has 1 aliphatic rings. The van der Waals surface area contributed by atoms with Crippen LogP contribution in [-0.4, -0.2) is 20.2 Å². The highest BCUT2D eigenvalue weighted by Gasteiger charge is 2.13. The van der Waals surface area contributed by atoms with Crippen LogP contribution in [0.25, 0.3) is 0 Å². The Bertz CT molecular complexity index is 291. The van der Waals surface area contributed by atoms with E-state index in [0.29, 0.717) is 0 Å². The Balaban J connectivity index is 0.00000128. The quantitative estimate of drug-likeness (QED) is 0.860. The molecule has 0 aliphatic carbocycles. The van der Waals surface area contributed by atoms with Crippen LogP contribution in [0.1, 0.15) is 30.7 Å². The Kier molecular flexibility index (Phi) is 5.64. The Morgan fingerprint density at radius 3 is 2.56 bits per heavy atom. The summed E-state index contributed by atoms with van der Waals surface area (Å²) in [5.41, 5.74) is 1.46. The van der Waals surface area contributed by atoms with E-state index in [2.05, 4.69) is 29.6 Å². The minimum Gasteiger partial charge on any atom is -0.497 e. The van der Waals surface area contributed by atoms with Gasteiger partial charge >= 0.3 is 0 Å². The van der Waals surface area contributed by atoms with Gasteiger partial charge < -0.3 is 10.1 Å². The second-order valence-electron chi connectivity index (χ2n) is 4.15. The molecular weight excluding hydrogens is 222 g/mol. The van der Waals surface area contributed by atoms with E-state index in [1.807, 2.05) is 0 Å². The molecule has 1 aliphatic heterocycles. The Morgan fingerprint density at radius 2 is 1.88 bits per heavy atom. The van der Waals surface area contributed by atoms with Gasteiger partial charge in [0.1, 0.15) is 5.75 Å². The number of methoxy groups -OCH3 is 1. The van der Waals surface area contributed by atoms with Crippen LogP contribution < -0.4 is 10.1 Å².